The second-order valence-corrected chi connectivity index (χ2v) is 23.7. The van der Waals surface area contributed by atoms with Crippen LogP contribution in [0.5, 0.6) is 0 Å². The number of hydrogen-bond acceptors (Lipinski definition) is 20. The summed E-state index contributed by atoms with van der Waals surface area (Å²) >= 11 is 0. The molecule has 0 aromatic carbocycles. The Balaban J connectivity index is 0.000000194. The highest BCUT2D eigenvalue weighted by atomic mass is 15.3. The highest BCUT2D eigenvalue weighted by Crippen LogP contribution is 2.16. The van der Waals surface area contributed by atoms with E-state index in [0.717, 1.165) is 101 Å². The fourth-order valence-electron chi connectivity index (χ4n) is 12.6. The molecule has 6 aliphatic heterocycles. The summed E-state index contributed by atoms with van der Waals surface area (Å²) in [6.07, 6.45) is 37.8. The Morgan fingerprint density at radius 2 is 0.487 bits per heavy atom. The first-order chi connectivity index (χ1) is 39.6. The van der Waals surface area contributed by atoms with E-state index in [9.17, 15) is 0 Å². The van der Waals surface area contributed by atoms with Gasteiger partial charge in [-0.05, 0) is 77.5 Å². The number of piperidine rings is 4. The van der Waals surface area contributed by atoms with Crippen molar-refractivity contribution in [3.63, 3.8) is 0 Å². The predicted molar refractivity (Wildman–Crippen MR) is 318 cm³/mol. The SMILES string of the molecule is C1CCC(CN2CCN(CC3CCCCN3)CCN(CC3CCCCN3)CCN(CC3CCCCN3)CC2)NC1.c1cnc(CN2CCN(Cc3cnccn3)CCN(Cc3cnccn3)CCN(Cc3cnccn3)CC2)cn1. The van der Waals surface area contributed by atoms with Crippen LogP contribution in [0.2, 0.25) is 0 Å². The molecule has 4 aromatic heterocycles. The van der Waals surface area contributed by atoms with Gasteiger partial charge in [-0.2, -0.15) is 0 Å². The van der Waals surface area contributed by atoms with E-state index in [4.69, 9.17) is 0 Å². The van der Waals surface area contributed by atoms with Gasteiger partial charge in [-0.1, -0.05) is 25.7 Å². The first-order valence-corrected chi connectivity index (χ1v) is 31.3. The maximum Gasteiger partial charge on any atom is 0.0726 e. The van der Waals surface area contributed by atoms with Gasteiger partial charge in [-0.15, -0.1) is 0 Å². The summed E-state index contributed by atoms with van der Waals surface area (Å²) in [7, 11) is 0. The van der Waals surface area contributed by atoms with Crippen molar-refractivity contribution in [1.29, 1.82) is 0 Å². The smallest absolute Gasteiger partial charge is 0.0726 e. The maximum atomic E-state index is 4.54. The molecule has 0 aliphatic carbocycles. The fourth-order valence-corrected chi connectivity index (χ4v) is 12.6. The minimum atomic E-state index is 0.682. The molecule has 4 atom stereocenters. The van der Waals surface area contributed by atoms with Crippen LogP contribution in [0.4, 0.5) is 0 Å². The van der Waals surface area contributed by atoms with Gasteiger partial charge in [0.1, 0.15) is 0 Å². The third kappa shape index (κ3) is 22.5. The van der Waals surface area contributed by atoms with Crippen molar-refractivity contribution in [3.05, 3.63) is 97.1 Å². The zero-order valence-electron chi connectivity index (χ0n) is 48.7. The van der Waals surface area contributed by atoms with E-state index < -0.39 is 0 Å². The quantitative estimate of drug-likeness (QED) is 0.129. The van der Waals surface area contributed by atoms with Crippen LogP contribution in [0.25, 0.3) is 0 Å². The monoisotopic (exact) mass is 1100 g/mol. The van der Waals surface area contributed by atoms with Crippen LogP contribution in [-0.2, 0) is 26.2 Å². The molecule has 0 amide bonds. The Morgan fingerprint density at radius 1 is 0.275 bits per heavy atom. The molecule has 440 valence electrons. The third-order valence-corrected chi connectivity index (χ3v) is 17.4. The van der Waals surface area contributed by atoms with Crippen LogP contribution >= 0.6 is 0 Å². The summed E-state index contributed by atoms with van der Waals surface area (Å²) in [5, 5.41) is 15.4. The Hall–Kier alpha value is -4.16. The van der Waals surface area contributed by atoms with Crippen LogP contribution < -0.4 is 21.3 Å². The summed E-state index contributed by atoms with van der Waals surface area (Å²) in [5.74, 6) is 0. The molecule has 6 aliphatic rings. The molecular weight excluding hydrogens is 1000 g/mol. The minimum Gasteiger partial charge on any atom is -0.313 e. The van der Waals surface area contributed by atoms with Gasteiger partial charge >= 0.3 is 0 Å². The fraction of sp³-hybridized carbons (Fsp3) is 0.733. The van der Waals surface area contributed by atoms with Crippen LogP contribution in [0.1, 0.15) is 99.8 Å². The third-order valence-electron chi connectivity index (χ3n) is 17.4. The number of nitrogens with one attached hydrogen (secondary N) is 4. The summed E-state index contributed by atoms with van der Waals surface area (Å²) in [6.45, 7) is 29.7. The lowest BCUT2D eigenvalue weighted by molar-refractivity contribution is 0.108. The Kier molecular flexibility index (Phi) is 26.5. The van der Waals surface area contributed by atoms with Crippen molar-refractivity contribution in [2.45, 2.75) is 127 Å². The molecule has 80 heavy (non-hydrogen) atoms. The molecule has 0 bridgehead atoms. The van der Waals surface area contributed by atoms with Crippen LogP contribution in [0.3, 0.4) is 0 Å². The second-order valence-electron chi connectivity index (χ2n) is 23.7. The highest BCUT2D eigenvalue weighted by Gasteiger charge is 2.26. The van der Waals surface area contributed by atoms with E-state index in [1.54, 1.807) is 49.6 Å². The van der Waals surface area contributed by atoms with Crippen LogP contribution in [0.15, 0.2) is 74.4 Å². The van der Waals surface area contributed by atoms with Gasteiger partial charge < -0.3 is 21.3 Å². The van der Waals surface area contributed by atoms with E-state index in [0.29, 0.717) is 24.2 Å². The predicted octanol–water partition coefficient (Wildman–Crippen LogP) is 2.95. The first-order valence-electron chi connectivity index (χ1n) is 31.3. The van der Waals surface area contributed by atoms with Crippen molar-refractivity contribution < 1.29 is 0 Å². The van der Waals surface area contributed by atoms with Gasteiger partial charge in [-0.3, -0.25) is 79.1 Å². The molecule has 20 heteroatoms. The zero-order valence-corrected chi connectivity index (χ0v) is 48.7. The topological polar surface area (TPSA) is 177 Å². The van der Waals surface area contributed by atoms with Crippen molar-refractivity contribution >= 4 is 0 Å². The van der Waals surface area contributed by atoms with Gasteiger partial charge in [0, 0.05) is 256 Å². The van der Waals surface area contributed by atoms with Gasteiger partial charge in [0.15, 0.2) is 0 Å². The Morgan fingerprint density at radius 3 is 0.662 bits per heavy atom. The highest BCUT2D eigenvalue weighted by molar-refractivity contribution is 4.99. The summed E-state index contributed by atoms with van der Waals surface area (Å²) < 4.78 is 0. The average molecular weight is 1100 g/mol. The summed E-state index contributed by atoms with van der Waals surface area (Å²) in [6, 6.07) is 2.73. The van der Waals surface area contributed by atoms with E-state index in [-0.39, 0.29) is 0 Å². The lowest BCUT2D eigenvalue weighted by Crippen LogP contribution is -2.54. The molecule has 4 aromatic rings. The minimum absolute atomic E-state index is 0.682. The second kappa shape index (κ2) is 35.1. The van der Waals surface area contributed by atoms with Crippen molar-refractivity contribution in [2.24, 2.45) is 0 Å². The van der Waals surface area contributed by atoms with Gasteiger partial charge in [0.25, 0.3) is 0 Å². The van der Waals surface area contributed by atoms with Gasteiger partial charge in [0.05, 0.1) is 22.8 Å². The first kappa shape index (κ1) is 60.4. The number of rotatable bonds is 16. The number of hydrogen-bond donors (Lipinski definition) is 4. The number of aromatic nitrogens is 8. The molecule has 0 radical (unpaired) electrons. The molecule has 10 heterocycles. The van der Waals surface area contributed by atoms with Crippen LogP contribution in [-0.4, -0.2) is 260 Å². The molecule has 4 N–H and O–H groups in total. The lowest BCUT2D eigenvalue weighted by Gasteiger charge is -2.39. The normalized spacial score (nSPS) is 25.7. The molecule has 20 nitrogen and oxygen atoms in total. The average Bonchev–Trinajstić information content (AvgIpc) is 3.50. The van der Waals surface area contributed by atoms with Gasteiger partial charge in [0.2, 0.25) is 0 Å². The van der Waals surface area contributed by atoms with Gasteiger partial charge in [-0.25, -0.2) is 0 Å². The lowest BCUT2D eigenvalue weighted by atomic mass is 10.0. The molecule has 4 unspecified atom stereocenters. The molecule has 0 spiro atoms. The molecule has 6 fully saturated rings. The standard InChI is InChI=1S/C32H64N8.C28H36N12/c1-5-13-33-29(9-1)25-37-17-19-38(26-30-10-2-6-14-34-30)21-23-40(28-32-12-4-8-16-36-32)24-22-39(20-18-37)27-31-11-3-7-15-35-31;1-5-33-25(17-29-1)21-37-9-11-38(22-26-18-30-2-6-34-26)13-15-40(24-28-20-32-4-8-36-28)16-14-39(12-10-37)23-27-19-31-3-7-35-27/h29-36H,1-28H2;1-8,17-20H,9-16,21-24H2. The van der Waals surface area contributed by atoms with E-state index >= 15 is 0 Å². The number of nitrogens with zero attached hydrogens (tertiary/aromatic N) is 16. The van der Waals surface area contributed by atoms with E-state index in [1.165, 1.54) is 182 Å². The van der Waals surface area contributed by atoms with E-state index in [1.807, 2.05) is 24.8 Å². The molecule has 6 saturated heterocycles. The van der Waals surface area contributed by atoms with Crippen molar-refractivity contribution in [2.75, 3.05) is 157 Å². The molecular formula is C60H100N20. The largest absolute Gasteiger partial charge is 0.313 e. The van der Waals surface area contributed by atoms with Crippen LogP contribution in [0, 0.1) is 0 Å². The summed E-state index contributed by atoms with van der Waals surface area (Å²) in [5.41, 5.74) is 3.91. The maximum absolute atomic E-state index is 4.54. The van der Waals surface area contributed by atoms with E-state index in [2.05, 4.69) is 100 Å². The summed E-state index contributed by atoms with van der Waals surface area (Å²) in [4.78, 5) is 56.5. The van der Waals surface area contributed by atoms with Crippen molar-refractivity contribution in [3.8, 4) is 0 Å². The Labute approximate surface area is 480 Å². The van der Waals surface area contributed by atoms with Crippen molar-refractivity contribution in [1.82, 2.24) is 100 Å². The Bertz CT molecular complexity index is 1840. The molecule has 0 saturated carbocycles. The molecule has 10 rings (SSSR count). The zero-order chi connectivity index (χ0) is 54.5.